The van der Waals surface area contributed by atoms with E-state index in [0.717, 1.165) is 64.4 Å². The van der Waals surface area contributed by atoms with Crippen LogP contribution in [0.25, 0.3) is 0 Å². The van der Waals surface area contributed by atoms with Gasteiger partial charge in [0.15, 0.2) is 0 Å². The molecule has 2 bridgehead atoms. The number of nitrogens with zero attached hydrogens (tertiary/aromatic N) is 2. The maximum atomic E-state index is 5.58. The Hall–Kier alpha value is -0.240. The first kappa shape index (κ1) is 20.4. The van der Waals surface area contributed by atoms with Crippen LogP contribution in [-0.4, -0.2) is 99.9 Å². The van der Waals surface area contributed by atoms with Gasteiger partial charge in [-0.05, 0) is 55.9 Å². The van der Waals surface area contributed by atoms with Crippen LogP contribution in [-0.2, 0) is 18.9 Å². The van der Waals surface area contributed by atoms with Crippen LogP contribution in [0.4, 0.5) is 0 Å². The van der Waals surface area contributed by atoms with Gasteiger partial charge < -0.3 is 18.9 Å². The summed E-state index contributed by atoms with van der Waals surface area (Å²) in [5, 5.41) is 0. The molecule has 6 fully saturated rings. The minimum atomic E-state index is 0.488. The van der Waals surface area contributed by atoms with E-state index in [1.54, 1.807) is 0 Å². The Balaban J connectivity index is 1.06. The molecular weight excluding hydrogens is 380 g/mol. The highest BCUT2D eigenvalue weighted by Gasteiger charge is 2.45. The molecule has 4 heterocycles. The normalized spacial score (nSPS) is 43.8. The second kappa shape index (κ2) is 8.60. The van der Waals surface area contributed by atoms with Crippen molar-refractivity contribution in [3.63, 3.8) is 0 Å². The van der Waals surface area contributed by atoms with Crippen molar-refractivity contribution in [3.05, 3.63) is 0 Å². The molecule has 6 nitrogen and oxygen atoms in total. The van der Waals surface area contributed by atoms with Gasteiger partial charge in [-0.3, -0.25) is 9.80 Å². The van der Waals surface area contributed by atoms with Crippen LogP contribution in [0.15, 0.2) is 0 Å². The van der Waals surface area contributed by atoms with Crippen molar-refractivity contribution in [2.45, 2.75) is 69.4 Å². The van der Waals surface area contributed by atoms with E-state index >= 15 is 0 Å². The number of ether oxygens (including phenoxy) is 4. The Kier molecular flexibility index (Phi) is 5.84. The van der Waals surface area contributed by atoms with Gasteiger partial charge in [-0.25, -0.2) is 0 Å². The van der Waals surface area contributed by atoms with E-state index in [0.29, 0.717) is 29.8 Å². The summed E-state index contributed by atoms with van der Waals surface area (Å²) in [6, 6.07) is 0. The van der Waals surface area contributed by atoms with Crippen LogP contribution >= 0.6 is 0 Å². The summed E-state index contributed by atoms with van der Waals surface area (Å²) in [6.45, 7) is 10.8. The van der Waals surface area contributed by atoms with Crippen LogP contribution in [0.5, 0.6) is 0 Å². The Morgan fingerprint density at radius 3 is 1.87 bits per heavy atom. The van der Waals surface area contributed by atoms with Gasteiger partial charge in [-0.2, -0.15) is 0 Å². The zero-order valence-electron chi connectivity index (χ0n) is 18.5. The van der Waals surface area contributed by atoms with Gasteiger partial charge in [0.1, 0.15) is 0 Å². The summed E-state index contributed by atoms with van der Waals surface area (Å²) >= 11 is 0. The van der Waals surface area contributed by atoms with Gasteiger partial charge >= 0.3 is 0 Å². The zero-order valence-corrected chi connectivity index (χ0v) is 18.5. The van der Waals surface area contributed by atoms with Crippen LogP contribution in [0.3, 0.4) is 0 Å². The summed E-state index contributed by atoms with van der Waals surface area (Å²) in [4.78, 5) is 5.34. The highest BCUT2D eigenvalue weighted by molar-refractivity contribution is 4.97. The molecule has 0 aromatic carbocycles. The summed E-state index contributed by atoms with van der Waals surface area (Å²) in [7, 11) is 0. The standard InChI is InChI=1S/C24H40N2O4/c1-2-18-6-19(3-5-25(9-20-13-27-20)10-21-14-28-21)8-24(4-1,7-18)17-26(11-22-15-29-22)12-23-16-30-23/h18-23H,1-17H2. The monoisotopic (exact) mass is 420 g/mol. The van der Waals surface area contributed by atoms with Crippen molar-refractivity contribution in [2.24, 2.45) is 17.3 Å². The number of rotatable bonds is 13. The van der Waals surface area contributed by atoms with Crippen LogP contribution in [0.1, 0.15) is 44.9 Å². The molecule has 4 aliphatic heterocycles. The lowest BCUT2D eigenvalue weighted by atomic mass is 9.58. The molecule has 170 valence electrons. The molecule has 0 N–H and O–H groups in total. The van der Waals surface area contributed by atoms with Crippen molar-refractivity contribution >= 4 is 0 Å². The van der Waals surface area contributed by atoms with Crippen molar-refractivity contribution < 1.29 is 18.9 Å². The Labute approximate surface area is 181 Å². The lowest BCUT2D eigenvalue weighted by Gasteiger charge is -2.50. The molecule has 6 aliphatic rings. The first-order valence-corrected chi connectivity index (χ1v) is 12.6. The molecule has 0 aromatic rings. The van der Waals surface area contributed by atoms with Crippen molar-refractivity contribution in [2.75, 3.05) is 65.7 Å². The smallest absolute Gasteiger partial charge is 0.0936 e. The third-order valence-electron chi connectivity index (χ3n) is 8.30. The van der Waals surface area contributed by atoms with Crippen LogP contribution in [0, 0.1) is 17.3 Å². The second-order valence-electron chi connectivity index (χ2n) is 11.3. The highest BCUT2D eigenvalue weighted by atomic mass is 16.6. The van der Waals surface area contributed by atoms with Crippen molar-refractivity contribution in [3.8, 4) is 0 Å². The van der Waals surface area contributed by atoms with Gasteiger partial charge in [0.2, 0.25) is 0 Å². The zero-order chi connectivity index (χ0) is 20.0. The fourth-order valence-electron chi connectivity index (χ4n) is 6.71. The fraction of sp³-hybridized carbons (Fsp3) is 1.00. The quantitative estimate of drug-likeness (QED) is 0.426. The minimum absolute atomic E-state index is 0.488. The van der Waals surface area contributed by atoms with Gasteiger partial charge in [0, 0.05) is 32.7 Å². The lowest BCUT2D eigenvalue weighted by molar-refractivity contribution is 0.000195. The van der Waals surface area contributed by atoms with E-state index < -0.39 is 0 Å². The topological polar surface area (TPSA) is 56.6 Å². The summed E-state index contributed by atoms with van der Waals surface area (Å²) < 4.78 is 22.2. The third kappa shape index (κ3) is 5.76. The molecule has 7 unspecified atom stereocenters. The van der Waals surface area contributed by atoms with Gasteiger partial charge in [0.25, 0.3) is 0 Å². The Morgan fingerprint density at radius 2 is 1.30 bits per heavy atom. The first-order chi connectivity index (χ1) is 14.7. The van der Waals surface area contributed by atoms with Crippen LogP contribution in [0.2, 0.25) is 0 Å². The van der Waals surface area contributed by atoms with Crippen LogP contribution < -0.4 is 0 Å². The molecule has 2 aliphatic carbocycles. The molecule has 7 atom stereocenters. The molecular formula is C24H40N2O4. The third-order valence-corrected chi connectivity index (χ3v) is 8.30. The number of fused-ring (bicyclic) bond motifs is 2. The average Bonchev–Trinajstić information content (AvgIpc) is 3.52. The Morgan fingerprint density at radius 1 is 0.733 bits per heavy atom. The lowest BCUT2D eigenvalue weighted by Crippen LogP contribution is -2.47. The molecule has 0 radical (unpaired) electrons. The minimum Gasteiger partial charge on any atom is -0.372 e. The molecule has 6 rings (SSSR count). The van der Waals surface area contributed by atoms with Crippen molar-refractivity contribution in [1.82, 2.24) is 9.80 Å². The second-order valence-corrected chi connectivity index (χ2v) is 11.3. The van der Waals surface area contributed by atoms with Gasteiger partial charge in [-0.15, -0.1) is 0 Å². The van der Waals surface area contributed by atoms with E-state index in [9.17, 15) is 0 Å². The number of epoxide rings is 4. The maximum absolute atomic E-state index is 5.58. The van der Waals surface area contributed by atoms with E-state index in [1.807, 2.05) is 0 Å². The largest absolute Gasteiger partial charge is 0.372 e. The molecule has 4 saturated heterocycles. The highest BCUT2D eigenvalue weighted by Crippen LogP contribution is 2.52. The SMILES string of the molecule is C1CC2CC(CCN(CC3CO3)CC3CO3)CC(CN(CC3CO3)CC3CO3)(C1)C2. The molecule has 0 amide bonds. The predicted molar refractivity (Wildman–Crippen MR) is 114 cm³/mol. The summed E-state index contributed by atoms with van der Waals surface area (Å²) in [6.07, 6.45) is 12.0. The molecule has 0 aromatic heterocycles. The number of hydrogen-bond acceptors (Lipinski definition) is 6. The van der Waals surface area contributed by atoms with E-state index in [1.165, 1.54) is 58.0 Å². The van der Waals surface area contributed by atoms with Gasteiger partial charge in [0.05, 0.1) is 50.8 Å². The van der Waals surface area contributed by atoms with E-state index in [4.69, 9.17) is 18.9 Å². The average molecular weight is 421 g/mol. The number of hydrogen-bond donors (Lipinski definition) is 0. The molecule has 30 heavy (non-hydrogen) atoms. The van der Waals surface area contributed by atoms with E-state index in [2.05, 4.69) is 9.80 Å². The molecule has 0 spiro atoms. The first-order valence-electron chi connectivity index (χ1n) is 12.6. The molecule has 2 saturated carbocycles. The summed E-state index contributed by atoms with van der Waals surface area (Å²) in [5.41, 5.74) is 0.541. The van der Waals surface area contributed by atoms with E-state index in [-0.39, 0.29) is 0 Å². The van der Waals surface area contributed by atoms with Gasteiger partial charge in [-0.1, -0.05) is 12.8 Å². The molecule has 6 heteroatoms. The fourth-order valence-corrected chi connectivity index (χ4v) is 6.71. The maximum Gasteiger partial charge on any atom is 0.0936 e. The van der Waals surface area contributed by atoms with Crippen molar-refractivity contribution in [1.29, 1.82) is 0 Å². The summed E-state index contributed by atoms with van der Waals surface area (Å²) in [5.74, 6) is 1.85. The predicted octanol–water partition coefficient (Wildman–Crippen LogP) is 2.16. The Bertz CT molecular complexity index is 562.